The third-order valence-electron chi connectivity index (χ3n) is 3.08. The van der Waals surface area contributed by atoms with Crippen molar-refractivity contribution in [2.45, 2.75) is 26.9 Å². The van der Waals surface area contributed by atoms with Crippen LogP contribution in [0.4, 0.5) is 0 Å². The predicted octanol–water partition coefficient (Wildman–Crippen LogP) is 3.35. The molecule has 3 heterocycles. The molecule has 0 aromatic carbocycles. The van der Waals surface area contributed by atoms with Crippen LogP contribution in [0, 0.1) is 13.8 Å². The Bertz CT molecular complexity index is 704. The zero-order chi connectivity index (χ0) is 13.2. The first-order valence-electron chi connectivity index (χ1n) is 6.28. The molecule has 0 saturated heterocycles. The van der Waals surface area contributed by atoms with Gasteiger partial charge in [-0.2, -0.15) is 5.10 Å². The molecule has 0 bridgehead atoms. The van der Waals surface area contributed by atoms with Crippen molar-refractivity contribution in [3.8, 4) is 0 Å². The van der Waals surface area contributed by atoms with Crippen molar-refractivity contribution in [3.05, 3.63) is 45.4 Å². The molecule has 106 valence electrons. The van der Waals surface area contributed by atoms with Crippen LogP contribution in [0.1, 0.15) is 21.0 Å². The molecule has 0 aliphatic carbocycles. The minimum atomic E-state index is 0. The maximum atomic E-state index is 4.35. The van der Waals surface area contributed by atoms with E-state index in [4.69, 9.17) is 0 Å². The molecular weight excluding hydrogens is 292 g/mol. The van der Waals surface area contributed by atoms with Crippen molar-refractivity contribution in [3.63, 3.8) is 0 Å². The second kappa shape index (κ2) is 6.35. The van der Waals surface area contributed by atoms with Gasteiger partial charge in [0, 0.05) is 40.1 Å². The van der Waals surface area contributed by atoms with Gasteiger partial charge in [0.15, 0.2) is 5.65 Å². The van der Waals surface area contributed by atoms with Gasteiger partial charge in [-0.15, -0.1) is 23.7 Å². The molecule has 0 atom stereocenters. The lowest BCUT2D eigenvalue weighted by Crippen LogP contribution is -2.11. The molecule has 4 nitrogen and oxygen atoms in total. The van der Waals surface area contributed by atoms with Gasteiger partial charge in [-0.1, -0.05) is 0 Å². The highest BCUT2D eigenvalue weighted by Crippen LogP contribution is 2.16. The topological polar surface area (TPSA) is 53.6 Å². The van der Waals surface area contributed by atoms with Gasteiger partial charge >= 0.3 is 0 Å². The molecule has 2 N–H and O–H groups in total. The van der Waals surface area contributed by atoms with Crippen LogP contribution < -0.4 is 5.32 Å². The molecule has 0 spiro atoms. The summed E-state index contributed by atoms with van der Waals surface area (Å²) in [5.41, 5.74) is 3.04. The van der Waals surface area contributed by atoms with Gasteiger partial charge in [0.05, 0.1) is 0 Å². The van der Waals surface area contributed by atoms with E-state index in [0.717, 1.165) is 29.8 Å². The van der Waals surface area contributed by atoms with E-state index in [9.17, 15) is 0 Å². The fraction of sp³-hybridized carbons (Fsp3) is 0.286. The Balaban J connectivity index is 0.00000147. The van der Waals surface area contributed by atoms with Crippen molar-refractivity contribution >= 4 is 34.8 Å². The maximum Gasteiger partial charge on any atom is 0.181 e. The second-order valence-corrected chi connectivity index (χ2v) is 6.05. The normalized spacial score (nSPS) is 10.7. The Kier molecular flexibility index (Phi) is 4.75. The molecule has 3 rings (SSSR count). The van der Waals surface area contributed by atoms with E-state index in [1.807, 2.05) is 24.5 Å². The fourth-order valence-corrected chi connectivity index (χ4v) is 2.93. The maximum absolute atomic E-state index is 4.35. The summed E-state index contributed by atoms with van der Waals surface area (Å²) in [6, 6.07) is 6.48. The molecular formula is C14H17ClN4S. The number of hydrogen-bond donors (Lipinski definition) is 2. The minimum Gasteiger partial charge on any atom is -0.308 e. The first-order valence-corrected chi connectivity index (χ1v) is 7.09. The van der Waals surface area contributed by atoms with E-state index in [-0.39, 0.29) is 12.4 Å². The smallest absolute Gasteiger partial charge is 0.181 e. The Morgan fingerprint density at radius 3 is 2.85 bits per heavy atom. The SMILES string of the molecule is Cc1ccc(CNCc2cnc3n[nH]c(C)c3c2)s1.Cl. The van der Waals surface area contributed by atoms with E-state index in [1.165, 1.54) is 15.3 Å². The zero-order valence-corrected chi connectivity index (χ0v) is 13.1. The average molecular weight is 309 g/mol. The molecule has 6 heteroatoms. The average Bonchev–Trinajstić information content (AvgIpc) is 2.97. The number of nitrogens with one attached hydrogen (secondary N) is 2. The minimum absolute atomic E-state index is 0. The number of hydrogen-bond acceptors (Lipinski definition) is 4. The number of halogens is 1. The molecule has 0 aliphatic rings. The number of aryl methyl sites for hydroxylation is 2. The second-order valence-electron chi connectivity index (χ2n) is 4.68. The highest BCUT2D eigenvalue weighted by atomic mass is 35.5. The fourth-order valence-electron chi connectivity index (χ4n) is 2.07. The number of aromatic nitrogens is 3. The number of fused-ring (bicyclic) bond motifs is 1. The van der Waals surface area contributed by atoms with Crippen LogP contribution in [0.15, 0.2) is 24.4 Å². The lowest BCUT2D eigenvalue weighted by Gasteiger charge is -2.03. The number of pyridine rings is 1. The summed E-state index contributed by atoms with van der Waals surface area (Å²) in [5, 5.41) is 11.6. The molecule has 0 aliphatic heterocycles. The molecule has 0 saturated carbocycles. The van der Waals surface area contributed by atoms with Crippen LogP contribution in [0.5, 0.6) is 0 Å². The lowest BCUT2D eigenvalue weighted by atomic mass is 10.2. The quantitative estimate of drug-likeness (QED) is 0.777. The number of thiophene rings is 1. The van der Waals surface area contributed by atoms with E-state index < -0.39 is 0 Å². The summed E-state index contributed by atoms with van der Waals surface area (Å²) >= 11 is 1.84. The number of aromatic amines is 1. The molecule has 0 fully saturated rings. The van der Waals surface area contributed by atoms with E-state index >= 15 is 0 Å². The van der Waals surface area contributed by atoms with Crippen LogP contribution in [-0.2, 0) is 13.1 Å². The predicted molar refractivity (Wildman–Crippen MR) is 85.5 cm³/mol. The van der Waals surface area contributed by atoms with Gasteiger partial charge in [-0.25, -0.2) is 4.98 Å². The summed E-state index contributed by atoms with van der Waals surface area (Å²) < 4.78 is 0. The van der Waals surface area contributed by atoms with Crippen LogP contribution in [-0.4, -0.2) is 15.2 Å². The first kappa shape index (κ1) is 15.0. The summed E-state index contributed by atoms with van der Waals surface area (Å²) in [5.74, 6) is 0. The highest BCUT2D eigenvalue weighted by Gasteiger charge is 2.04. The summed E-state index contributed by atoms with van der Waals surface area (Å²) in [4.78, 5) is 7.07. The third kappa shape index (κ3) is 3.17. The Morgan fingerprint density at radius 1 is 1.25 bits per heavy atom. The largest absolute Gasteiger partial charge is 0.308 e. The van der Waals surface area contributed by atoms with Gasteiger partial charge in [0.25, 0.3) is 0 Å². The van der Waals surface area contributed by atoms with Crippen molar-refractivity contribution in [2.75, 3.05) is 0 Å². The van der Waals surface area contributed by atoms with Gasteiger partial charge in [-0.05, 0) is 37.6 Å². The van der Waals surface area contributed by atoms with E-state index in [1.54, 1.807) is 0 Å². The molecule has 0 radical (unpaired) electrons. The molecule has 3 aromatic heterocycles. The first-order chi connectivity index (χ1) is 9.22. The number of nitrogens with zero attached hydrogens (tertiary/aromatic N) is 2. The van der Waals surface area contributed by atoms with Gasteiger partial charge in [0.2, 0.25) is 0 Å². The highest BCUT2D eigenvalue weighted by molar-refractivity contribution is 7.11. The van der Waals surface area contributed by atoms with Gasteiger partial charge in [-0.3, -0.25) is 5.10 Å². The summed E-state index contributed by atoms with van der Waals surface area (Å²) in [7, 11) is 0. The van der Waals surface area contributed by atoms with Crippen LogP contribution in [0.25, 0.3) is 11.0 Å². The Labute approximate surface area is 128 Å². The van der Waals surface area contributed by atoms with Gasteiger partial charge < -0.3 is 5.32 Å². The van der Waals surface area contributed by atoms with Crippen LogP contribution in [0.3, 0.4) is 0 Å². The number of rotatable bonds is 4. The lowest BCUT2D eigenvalue weighted by molar-refractivity contribution is 0.700. The molecule has 0 unspecified atom stereocenters. The van der Waals surface area contributed by atoms with Crippen molar-refractivity contribution in [2.24, 2.45) is 0 Å². The standard InChI is InChI=1S/C14H16N4S.ClH/c1-9-3-4-12(19-9)8-15-6-11-5-13-10(2)17-18-14(13)16-7-11;/h3-5,7,15H,6,8H2,1-2H3,(H,16,17,18);1H. The zero-order valence-electron chi connectivity index (χ0n) is 11.4. The monoisotopic (exact) mass is 308 g/mol. The van der Waals surface area contributed by atoms with Crippen LogP contribution in [0.2, 0.25) is 0 Å². The van der Waals surface area contributed by atoms with E-state index in [2.05, 4.69) is 45.6 Å². The van der Waals surface area contributed by atoms with Crippen LogP contribution >= 0.6 is 23.7 Å². The number of H-pyrrole nitrogens is 1. The summed E-state index contributed by atoms with van der Waals surface area (Å²) in [6.07, 6.45) is 1.88. The van der Waals surface area contributed by atoms with Crippen molar-refractivity contribution in [1.82, 2.24) is 20.5 Å². The van der Waals surface area contributed by atoms with E-state index in [0.29, 0.717) is 0 Å². The molecule has 20 heavy (non-hydrogen) atoms. The van der Waals surface area contributed by atoms with Gasteiger partial charge in [0.1, 0.15) is 0 Å². The van der Waals surface area contributed by atoms with Crippen molar-refractivity contribution < 1.29 is 0 Å². The Morgan fingerprint density at radius 2 is 2.10 bits per heavy atom. The van der Waals surface area contributed by atoms with Crippen molar-refractivity contribution in [1.29, 1.82) is 0 Å². The molecule has 0 amide bonds. The Hall–Kier alpha value is -1.43. The third-order valence-corrected chi connectivity index (χ3v) is 4.08. The summed E-state index contributed by atoms with van der Waals surface area (Å²) in [6.45, 7) is 5.88. The molecule has 3 aromatic rings.